The maximum absolute atomic E-state index is 13.7. The van der Waals surface area contributed by atoms with E-state index in [4.69, 9.17) is 0 Å². The van der Waals surface area contributed by atoms with Crippen LogP contribution in [0.4, 0.5) is 18.9 Å². The lowest BCUT2D eigenvalue weighted by molar-refractivity contribution is -0.137. The summed E-state index contributed by atoms with van der Waals surface area (Å²) in [7, 11) is -0.318. The van der Waals surface area contributed by atoms with Crippen molar-refractivity contribution in [2.45, 2.75) is 65.4 Å². The Morgan fingerprint density at radius 1 is 1.05 bits per heavy atom. The Kier molecular flexibility index (Phi) is 12.6. The molecule has 0 aliphatic carbocycles. The fraction of sp³-hybridized carbons (Fsp3) is 0.353. The maximum Gasteiger partial charge on any atom is 0.416 e. The first-order chi connectivity index (χ1) is 20.5. The number of amides is 1. The first-order valence-electron chi connectivity index (χ1n) is 14.4. The number of alkyl halides is 3. The number of rotatable bonds is 14. The normalized spacial score (nSPS) is 14.2. The molecule has 9 heteroatoms. The van der Waals surface area contributed by atoms with Gasteiger partial charge in [0, 0.05) is 30.1 Å². The summed E-state index contributed by atoms with van der Waals surface area (Å²) in [6.45, 7) is 8.34. The van der Waals surface area contributed by atoms with E-state index in [9.17, 15) is 23.1 Å². The summed E-state index contributed by atoms with van der Waals surface area (Å²) in [6, 6.07) is 17.7. The van der Waals surface area contributed by atoms with Crippen molar-refractivity contribution in [3.05, 3.63) is 106 Å². The standard InChI is InChI=1S/C34H42F3N3O2S/c1-6-26(7-2)29-19-27(20-30(23(29)4)40-43(5)8-3)33(42)39-31(18-24-13-10-9-11-14-24)32(41)22-38-21-25-15-12-16-28(17-25)34(35,36)37/h6,9-17,19-20,31-32,38,40-41H,5,7-8,18,21-22H2,1-4H3,(H,39,42)/b26-6-. The van der Waals surface area contributed by atoms with Crippen molar-refractivity contribution in [3.8, 4) is 0 Å². The zero-order valence-electron chi connectivity index (χ0n) is 25.2. The molecule has 3 unspecified atom stereocenters. The van der Waals surface area contributed by atoms with E-state index in [-0.39, 0.29) is 29.7 Å². The van der Waals surface area contributed by atoms with Crippen molar-refractivity contribution in [1.29, 1.82) is 0 Å². The van der Waals surface area contributed by atoms with Crippen LogP contribution in [0.5, 0.6) is 0 Å². The van der Waals surface area contributed by atoms with Gasteiger partial charge < -0.3 is 20.5 Å². The van der Waals surface area contributed by atoms with Gasteiger partial charge in [-0.2, -0.15) is 13.2 Å². The van der Waals surface area contributed by atoms with Gasteiger partial charge in [-0.25, -0.2) is 0 Å². The molecule has 0 bridgehead atoms. The highest BCUT2D eigenvalue weighted by Gasteiger charge is 2.30. The summed E-state index contributed by atoms with van der Waals surface area (Å²) < 4.78 is 42.8. The molecule has 3 aromatic rings. The van der Waals surface area contributed by atoms with Gasteiger partial charge in [0.05, 0.1) is 17.7 Å². The molecule has 0 saturated carbocycles. The van der Waals surface area contributed by atoms with Gasteiger partial charge in [-0.05, 0) is 72.7 Å². The van der Waals surface area contributed by atoms with E-state index >= 15 is 0 Å². The molecule has 0 radical (unpaired) electrons. The van der Waals surface area contributed by atoms with Crippen LogP contribution in [0.3, 0.4) is 0 Å². The number of nitrogens with one attached hydrogen (secondary N) is 3. The predicted octanol–water partition coefficient (Wildman–Crippen LogP) is 7.37. The number of allylic oxidation sites excluding steroid dienone is 2. The number of benzene rings is 3. The second-order valence-corrected chi connectivity index (χ2v) is 12.2. The van der Waals surface area contributed by atoms with Gasteiger partial charge >= 0.3 is 6.18 Å². The van der Waals surface area contributed by atoms with Gasteiger partial charge in [-0.1, -0.05) is 74.3 Å². The number of hydrogen-bond acceptors (Lipinski definition) is 4. The van der Waals surface area contributed by atoms with Crippen LogP contribution in [-0.4, -0.2) is 41.3 Å². The Hall–Kier alpha value is -3.40. The molecule has 0 heterocycles. The lowest BCUT2D eigenvalue weighted by Crippen LogP contribution is -2.48. The van der Waals surface area contributed by atoms with Crippen molar-refractivity contribution < 1.29 is 23.1 Å². The molecule has 43 heavy (non-hydrogen) atoms. The third-order valence-corrected chi connectivity index (χ3v) is 8.57. The third kappa shape index (κ3) is 9.81. The zero-order chi connectivity index (χ0) is 31.6. The second-order valence-electron chi connectivity index (χ2n) is 10.4. The molecular weight excluding hydrogens is 571 g/mol. The SMILES string of the molecule is C=S(CC)Nc1cc(C(=O)NC(Cc2ccccc2)C(O)CNCc2cccc(C(F)(F)F)c2)cc(/C(=C\C)CC)c1C. The molecular formula is C34H42F3N3O2S. The van der Waals surface area contributed by atoms with Crippen LogP contribution in [-0.2, 0) is 19.1 Å². The Bertz CT molecular complexity index is 1420. The minimum Gasteiger partial charge on any atom is -0.390 e. The highest BCUT2D eigenvalue weighted by molar-refractivity contribution is 8.15. The first-order valence-corrected chi connectivity index (χ1v) is 16.0. The lowest BCUT2D eigenvalue weighted by atomic mass is 9.94. The summed E-state index contributed by atoms with van der Waals surface area (Å²) in [4.78, 5) is 13.7. The number of halogens is 3. The molecule has 3 rings (SSSR count). The average Bonchev–Trinajstić information content (AvgIpc) is 2.99. The fourth-order valence-corrected chi connectivity index (χ4v) is 5.50. The summed E-state index contributed by atoms with van der Waals surface area (Å²) in [5, 5.41) is 17.3. The molecule has 3 aromatic carbocycles. The number of aliphatic hydroxyl groups excluding tert-OH is 1. The topological polar surface area (TPSA) is 73.4 Å². The quantitative estimate of drug-likeness (QED) is 0.143. The van der Waals surface area contributed by atoms with E-state index < -0.39 is 23.9 Å². The number of carbonyl (C=O) groups excluding carboxylic acids is 1. The molecule has 0 aliphatic rings. The summed E-state index contributed by atoms with van der Waals surface area (Å²) in [6.07, 6.45) is -2.21. The number of carbonyl (C=O) groups is 1. The van der Waals surface area contributed by atoms with Gasteiger partial charge in [0.25, 0.3) is 5.91 Å². The van der Waals surface area contributed by atoms with Crippen LogP contribution in [0.2, 0.25) is 0 Å². The van der Waals surface area contributed by atoms with Crippen molar-refractivity contribution in [3.63, 3.8) is 0 Å². The molecule has 0 aromatic heterocycles. The van der Waals surface area contributed by atoms with Crippen molar-refractivity contribution >= 4 is 33.7 Å². The molecule has 1 amide bonds. The van der Waals surface area contributed by atoms with E-state index in [1.54, 1.807) is 6.07 Å². The van der Waals surface area contributed by atoms with E-state index in [0.29, 0.717) is 17.5 Å². The number of anilines is 1. The largest absolute Gasteiger partial charge is 0.416 e. The van der Waals surface area contributed by atoms with Gasteiger partial charge in [0.2, 0.25) is 0 Å². The Morgan fingerprint density at radius 3 is 2.37 bits per heavy atom. The smallest absolute Gasteiger partial charge is 0.390 e. The highest BCUT2D eigenvalue weighted by Crippen LogP contribution is 2.32. The summed E-state index contributed by atoms with van der Waals surface area (Å²) in [5.74, 6) is 4.69. The van der Waals surface area contributed by atoms with Crippen molar-refractivity contribution in [1.82, 2.24) is 10.6 Å². The highest BCUT2D eigenvalue weighted by atomic mass is 32.2. The molecule has 5 nitrogen and oxygen atoms in total. The molecule has 0 aliphatic heterocycles. The van der Waals surface area contributed by atoms with E-state index in [2.05, 4.69) is 41.1 Å². The van der Waals surface area contributed by atoms with Crippen LogP contribution in [0.15, 0.2) is 72.8 Å². The molecule has 0 saturated heterocycles. The van der Waals surface area contributed by atoms with Crippen LogP contribution in [0.25, 0.3) is 5.57 Å². The first kappa shape index (κ1) is 34.1. The van der Waals surface area contributed by atoms with E-state index in [1.807, 2.05) is 56.3 Å². The number of aliphatic hydroxyl groups is 1. The Balaban J connectivity index is 1.84. The summed E-state index contributed by atoms with van der Waals surface area (Å²) >= 11 is 0. The predicted molar refractivity (Wildman–Crippen MR) is 175 cm³/mol. The van der Waals surface area contributed by atoms with Gasteiger partial charge in [0.15, 0.2) is 0 Å². The lowest BCUT2D eigenvalue weighted by Gasteiger charge is -2.26. The third-order valence-electron chi connectivity index (χ3n) is 7.36. The Morgan fingerprint density at radius 2 is 1.74 bits per heavy atom. The molecule has 3 atom stereocenters. The van der Waals surface area contributed by atoms with Gasteiger partial charge in [-0.15, -0.1) is 10.7 Å². The fourth-order valence-electron chi connectivity index (χ4n) is 4.83. The second kappa shape index (κ2) is 15.9. The van der Waals surface area contributed by atoms with Crippen LogP contribution in [0, 0.1) is 6.92 Å². The van der Waals surface area contributed by atoms with Crippen LogP contribution in [0.1, 0.15) is 65.4 Å². The summed E-state index contributed by atoms with van der Waals surface area (Å²) in [5.41, 5.74) is 5.12. The monoisotopic (exact) mass is 613 g/mol. The molecule has 232 valence electrons. The van der Waals surface area contributed by atoms with E-state index in [1.165, 1.54) is 6.07 Å². The zero-order valence-corrected chi connectivity index (χ0v) is 26.0. The maximum atomic E-state index is 13.7. The molecule has 4 N–H and O–H groups in total. The Labute approximate surface area is 255 Å². The van der Waals surface area contributed by atoms with Crippen molar-refractivity contribution in [2.75, 3.05) is 17.0 Å². The van der Waals surface area contributed by atoms with Crippen molar-refractivity contribution in [2.24, 2.45) is 0 Å². The van der Waals surface area contributed by atoms with Gasteiger partial charge in [-0.3, -0.25) is 4.79 Å². The number of hydrogen-bond donors (Lipinski definition) is 4. The average molecular weight is 614 g/mol. The molecule has 0 fully saturated rings. The van der Waals surface area contributed by atoms with Crippen LogP contribution >= 0.6 is 10.7 Å². The van der Waals surface area contributed by atoms with E-state index in [0.717, 1.165) is 52.3 Å². The minimum atomic E-state index is -4.43. The van der Waals surface area contributed by atoms with Crippen LogP contribution < -0.4 is 15.4 Å². The van der Waals surface area contributed by atoms with Gasteiger partial charge in [0.1, 0.15) is 0 Å². The minimum absolute atomic E-state index is 0.0688. The molecule has 0 spiro atoms.